The lowest BCUT2D eigenvalue weighted by molar-refractivity contribution is 0.0565. The Kier molecular flexibility index (Phi) is 6.64. The van der Waals surface area contributed by atoms with Crippen LogP contribution in [0.5, 0.6) is 0 Å². The molecule has 4 heteroatoms. The molecule has 1 saturated heterocycles. The van der Waals surface area contributed by atoms with Crippen LogP contribution >= 0.6 is 15.9 Å². The molecular formula is C26H25BrN2O. The second-order valence-corrected chi connectivity index (χ2v) is 8.84. The third-order valence-electron chi connectivity index (χ3n) is 5.90. The van der Waals surface area contributed by atoms with Gasteiger partial charge in [-0.2, -0.15) is 5.26 Å². The molecule has 0 spiro atoms. The zero-order valence-corrected chi connectivity index (χ0v) is 18.5. The van der Waals surface area contributed by atoms with Crippen LogP contribution in [-0.4, -0.2) is 19.7 Å². The summed E-state index contributed by atoms with van der Waals surface area (Å²) in [6, 6.07) is 27.0. The van der Waals surface area contributed by atoms with Gasteiger partial charge < -0.3 is 10.1 Å². The molecule has 0 aromatic heterocycles. The summed E-state index contributed by atoms with van der Waals surface area (Å²) in [4.78, 5) is 0. The van der Waals surface area contributed by atoms with Gasteiger partial charge in [0.05, 0.1) is 24.8 Å². The summed E-state index contributed by atoms with van der Waals surface area (Å²) in [6.45, 7) is 3.35. The van der Waals surface area contributed by atoms with Crippen LogP contribution in [0.4, 0.5) is 0 Å². The normalized spacial score (nSPS) is 15.5. The van der Waals surface area contributed by atoms with Crippen molar-refractivity contribution < 1.29 is 4.74 Å². The summed E-state index contributed by atoms with van der Waals surface area (Å²) in [5.41, 5.74) is 5.47. The lowest BCUT2D eigenvalue weighted by Gasteiger charge is -2.38. The summed E-state index contributed by atoms with van der Waals surface area (Å²) in [5.74, 6) is 0. The molecule has 3 aromatic carbocycles. The summed E-state index contributed by atoms with van der Waals surface area (Å²) in [5, 5.41) is 12.5. The number of nitriles is 1. The highest BCUT2D eigenvalue weighted by Gasteiger charge is 2.34. The average molecular weight is 461 g/mol. The average Bonchev–Trinajstić information content (AvgIpc) is 2.80. The maximum atomic E-state index is 9.02. The predicted octanol–water partition coefficient (Wildman–Crippen LogP) is 5.83. The molecule has 1 N–H and O–H groups in total. The van der Waals surface area contributed by atoms with E-state index in [4.69, 9.17) is 10.00 Å². The smallest absolute Gasteiger partial charge is 0.0991 e. The first kappa shape index (κ1) is 20.8. The minimum Gasteiger partial charge on any atom is -0.376 e. The maximum absolute atomic E-state index is 9.02. The molecule has 0 atom stereocenters. The zero-order valence-electron chi connectivity index (χ0n) is 16.9. The second-order valence-electron chi connectivity index (χ2n) is 7.93. The molecule has 1 fully saturated rings. The molecule has 152 valence electrons. The van der Waals surface area contributed by atoms with Crippen molar-refractivity contribution in [1.29, 1.82) is 5.26 Å². The van der Waals surface area contributed by atoms with Gasteiger partial charge in [0.1, 0.15) is 0 Å². The Labute approximate surface area is 186 Å². The van der Waals surface area contributed by atoms with Crippen molar-refractivity contribution in [2.24, 2.45) is 0 Å². The molecule has 0 amide bonds. The second kappa shape index (κ2) is 9.57. The van der Waals surface area contributed by atoms with Gasteiger partial charge in [-0.25, -0.2) is 0 Å². The number of piperidine rings is 1. The highest BCUT2D eigenvalue weighted by molar-refractivity contribution is 9.10. The molecule has 0 saturated carbocycles. The van der Waals surface area contributed by atoms with Crippen molar-refractivity contribution >= 4 is 15.9 Å². The minimum absolute atomic E-state index is 0.0779. The van der Waals surface area contributed by atoms with E-state index in [0.29, 0.717) is 12.2 Å². The first-order valence-corrected chi connectivity index (χ1v) is 11.1. The van der Waals surface area contributed by atoms with Crippen molar-refractivity contribution in [2.75, 3.05) is 19.7 Å². The van der Waals surface area contributed by atoms with Crippen LogP contribution in [0.25, 0.3) is 11.1 Å². The molecule has 0 unspecified atom stereocenters. The third-order valence-corrected chi connectivity index (χ3v) is 6.36. The van der Waals surface area contributed by atoms with E-state index in [1.807, 2.05) is 24.3 Å². The number of nitrogens with one attached hydrogen (secondary N) is 1. The fourth-order valence-electron chi connectivity index (χ4n) is 4.22. The van der Waals surface area contributed by atoms with E-state index in [0.717, 1.165) is 53.7 Å². The van der Waals surface area contributed by atoms with Crippen LogP contribution in [0.2, 0.25) is 0 Å². The number of ether oxygens (including phenoxy) is 1. The van der Waals surface area contributed by atoms with Crippen molar-refractivity contribution in [3.63, 3.8) is 0 Å². The number of hydrogen-bond donors (Lipinski definition) is 1. The largest absolute Gasteiger partial charge is 0.376 e. The molecule has 4 rings (SSSR count). The number of rotatable bonds is 6. The van der Waals surface area contributed by atoms with E-state index in [1.165, 1.54) is 5.56 Å². The minimum atomic E-state index is 0.0779. The summed E-state index contributed by atoms with van der Waals surface area (Å²) in [6.07, 6.45) is 2.18. The maximum Gasteiger partial charge on any atom is 0.0991 e. The van der Waals surface area contributed by atoms with E-state index >= 15 is 0 Å². The molecule has 3 nitrogen and oxygen atoms in total. The van der Waals surface area contributed by atoms with Crippen LogP contribution in [0.1, 0.15) is 29.5 Å². The van der Waals surface area contributed by atoms with E-state index in [9.17, 15) is 0 Å². The molecule has 0 bridgehead atoms. The fraction of sp³-hybridized carbons (Fsp3) is 0.269. The van der Waals surface area contributed by atoms with Gasteiger partial charge in [0.25, 0.3) is 0 Å². The summed E-state index contributed by atoms with van der Waals surface area (Å²) in [7, 11) is 0. The van der Waals surface area contributed by atoms with Crippen LogP contribution in [0.15, 0.2) is 77.3 Å². The number of halogens is 1. The number of benzene rings is 3. The van der Waals surface area contributed by atoms with Gasteiger partial charge in [-0.05, 0) is 78.5 Å². The third kappa shape index (κ3) is 4.82. The molecule has 0 radical (unpaired) electrons. The summed E-state index contributed by atoms with van der Waals surface area (Å²) >= 11 is 3.64. The Morgan fingerprint density at radius 3 is 2.37 bits per heavy atom. The Balaban J connectivity index is 1.49. The fourth-order valence-corrected chi connectivity index (χ4v) is 4.76. The van der Waals surface area contributed by atoms with Crippen molar-refractivity contribution in [3.05, 3.63) is 94.0 Å². The van der Waals surface area contributed by atoms with Crippen LogP contribution in [-0.2, 0) is 16.8 Å². The molecule has 1 heterocycles. The molecule has 3 aromatic rings. The molecule has 30 heavy (non-hydrogen) atoms. The van der Waals surface area contributed by atoms with Gasteiger partial charge in [-0.3, -0.25) is 0 Å². The Hall–Kier alpha value is -2.45. The molecule has 1 aliphatic heterocycles. The van der Waals surface area contributed by atoms with Crippen molar-refractivity contribution in [3.8, 4) is 17.2 Å². The SMILES string of the molecule is N#Cc1ccc(-c2cc(Br)cc(COCC3(c4ccccc4)CCNCC3)c2)cc1. The van der Waals surface area contributed by atoms with Gasteiger partial charge >= 0.3 is 0 Å². The zero-order chi connectivity index (χ0) is 20.8. The molecule has 1 aliphatic rings. The van der Waals surface area contributed by atoms with Gasteiger partial charge in [-0.1, -0.05) is 58.4 Å². The lowest BCUT2D eigenvalue weighted by atomic mass is 9.74. The predicted molar refractivity (Wildman–Crippen MR) is 124 cm³/mol. The first-order valence-electron chi connectivity index (χ1n) is 10.3. The first-order chi connectivity index (χ1) is 14.7. The Morgan fingerprint density at radius 2 is 1.67 bits per heavy atom. The molecular weight excluding hydrogens is 436 g/mol. The van der Waals surface area contributed by atoms with E-state index in [1.54, 1.807) is 0 Å². The Bertz CT molecular complexity index is 1020. The highest BCUT2D eigenvalue weighted by atomic mass is 79.9. The number of nitrogens with zero attached hydrogens (tertiary/aromatic N) is 1. The van der Waals surface area contributed by atoms with E-state index in [2.05, 4.69) is 75.8 Å². The Morgan fingerprint density at radius 1 is 0.933 bits per heavy atom. The van der Waals surface area contributed by atoms with E-state index < -0.39 is 0 Å². The molecule has 0 aliphatic carbocycles. The van der Waals surface area contributed by atoms with Crippen LogP contribution in [0.3, 0.4) is 0 Å². The standard InChI is InChI=1S/C26H25BrN2O/c27-25-15-21(14-23(16-25)22-8-6-20(17-28)7-9-22)18-30-19-26(10-12-29-13-11-26)24-4-2-1-3-5-24/h1-9,14-16,29H,10-13,18-19H2. The van der Waals surface area contributed by atoms with Crippen molar-refractivity contribution in [2.45, 2.75) is 24.9 Å². The van der Waals surface area contributed by atoms with E-state index in [-0.39, 0.29) is 5.41 Å². The van der Waals surface area contributed by atoms with Gasteiger partial charge in [0.2, 0.25) is 0 Å². The van der Waals surface area contributed by atoms with Crippen LogP contribution < -0.4 is 5.32 Å². The van der Waals surface area contributed by atoms with Crippen molar-refractivity contribution in [1.82, 2.24) is 5.32 Å². The quantitative estimate of drug-likeness (QED) is 0.503. The van der Waals surface area contributed by atoms with Gasteiger partial charge in [0.15, 0.2) is 0 Å². The van der Waals surface area contributed by atoms with Gasteiger partial charge in [-0.15, -0.1) is 0 Å². The lowest BCUT2D eigenvalue weighted by Crippen LogP contribution is -2.43. The van der Waals surface area contributed by atoms with Crippen LogP contribution in [0, 0.1) is 11.3 Å². The number of hydrogen-bond acceptors (Lipinski definition) is 3. The topological polar surface area (TPSA) is 45.0 Å². The van der Waals surface area contributed by atoms with Gasteiger partial charge in [0, 0.05) is 9.89 Å². The summed E-state index contributed by atoms with van der Waals surface area (Å²) < 4.78 is 7.34. The highest BCUT2D eigenvalue weighted by Crippen LogP contribution is 2.34. The monoisotopic (exact) mass is 460 g/mol.